The monoisotopic (exact) mass is 362 g/mol. The number of rotatable bonds is 6. The van der Waals surface area contributed by atoms with E-state index in [2.05, 4.69) is 24.0 Å². The van der Waals surface area contributed by atoms with Gasteiger partial charge in [0, 0.05) is 32.0 Å². The Bertz CT molecular complexity index is 493. The van der Waals surface area contributed by atoms with Crippen molar-refractivity contribution in [2.45, 2.75) is 32.1 Å². The van der Waals surface area contributed by atoms with Gasteiger partial charge in [0.15, 0.2) is 0 Å². The molecule has 0 spiro atoms. The summed E-state index contributed by atoms with van der Waals surface area (Å²) in [6.45, 7) is 2.88. The summed E-state index contributed by atoms with van der Waals surface area (Å²) in [6.07, 6.45) is 1.94. The highest BCUT2D eigenvalue weighted by molar-refractivity contribution is 8.22. The van der Waals surface area contributed by atoms with Crippen molar-refractivity contribution in [2.75, 3.05) is 28.2 Å². The van der Waals surface area contributed by atoms with E-state index in [1.807, 2.05) is 33.1 Å². The zero-order chi connectivity index (χ0) is 16.0. The van der Waals surface area contributed by atoms with Crippen molar-refractivity contribution in [2.24, 2.45) is 0 Å². The van der Waals surface area contributed by atoms with Crippen LogP contribution in [-0.4, -0.2) is 47.4 Å². The lowest BCUT2D eigenvalue weighted by Gasteiger charge is -2.17. The highest BCUT2D eigenvalue weighted by Crippen LogP contribution is 2.29. The topological polar surface area (TPSA) is 26.7 Å². The molecule has 0 radical (unpaired) electrons. The molecule has 0 saturated heterocycles. The molecule has 1 N–H and O–H groups in total. The molecule has 6 heteroatoms. The first-order valence-corrected chi connectivity index (χ1v) is 8.57. The summed E-state index contributed by atoms with van der Waals surface area (Å²) in [5.74, 6) is 1.29. The van der Waals surface area contributed by atoms with E-state index >= 15 is 0 Å². The van der Waals surface area contributed by atoms with Gasteiger partial charge in [-0.15, -0.1) is 12.4 Å². The van der Waals surface area contributed by atoms with Crippen LogP contribution in [0.3, 0.4) is 0 Å². The minimum Gasteiger partial charge on any atom is -0.507 e. The van der Waals surface area contributed by atoms with Crippen molar-refractivity contribution in [3.8, 4) is 5.75 Å². The van der Waals surface area contributed by atoms with Crippen LogP contribution in [0.5, 0.6) is 5.75 Å². The van der Waals surface area contributed by atoms with E-state index in [4.69, 9.17) is 12.2 Å². The van der Waals surface area contributed by atoms with E-state index in [1.165, 1.54) is 5.56 Å². The Morgan fingerprint density at radius 3 is 2.27 bits per heavy atom. The summed E-state index contributed by atoms with van der Waals surface area (Å²) in [5.41, 5.74) is 3.27. The molecule has 0 heterocycles. The van der Waals surface area contributed by atoms with Crippen molar-refractivity contribution in [3.63, 3.8) is 0 Å². The first-order chi connectivity index (χ1) is 9.85. The van der Waals surface area contributed by atoms with Crippen LogP contribution < -0.4 is 0 Å². The summed E-state index contributed by atoms with van der Waals surface area (Å²) in [7, 11) is 7.96. The maximum absolute atomic E-state index is 10.4. The van der Waals surface area contributed by atoms with E-state index in [1.54, 1.807) is 11.8 Å². The molecular weight excluding hydrogens is 336 g/mol. The first-order valence-electron chi connectivity index (χ1n) is 7.17. The lowest BCUT2D eigenvalue weighted by Crippen LogP contribution is -2.16. The molecule has 22 heavy (non-hydrogen) atoms. The normalized spacial score (nSPS) is 10.5. The number of halogens is 1. The van der Waals surface area contributed by atoms with Gasteiger partial charge in [0.1, 0.15) is 10.1 Å². The van der Waals surface area contributed by atoms with Gasteiger partial charge in [-0.05, 0) is 37.7 Å². The van der Waals surface area contributed by atoms with Gasteiger partial charge >= 0.3 is 0 Å². The number of aromatic hydroxyl groups is 1. The number of hydrogen-bond acceptors (Lipinski definition) is 4. The van der Waals surface area contributed by atoms with Gasteiger partial charge in [-0.1, -0.05) is 43.4 Å². The Hall–Kier alpha value is -0.490. The average molecular weight is 363 g/mol. The number of phenolic OH excluding ortho intramolecular Hbond substituents is 1. The van der Waals surface area contributed by atoms with Crippen molar-refractivity contribution < 1.29 is 5.11 Å². The van der Waals surface area contributed by atoms with Crippen LogP contribution in [0.2, 0.25) is 0 Å². The molecule has 0 aromatic heterocycles. The molecule has 0 aliphatic rings. The molecule has 1 aromatic rings. The molecule has 1 rings (SSSR count). The second-order valence-corrected chi connectivity index (χ2v) is 7.31. The van der Waals surface area contributed by atoms with E-state index in [0.717, 1.165) is 40.6 Å². The fraction of sp³-hybridized carbons (Fsp3) is 0.562. The number of nitrogens with zero attached hydrogens (tertiary/aromatic N) is 2. The van der Waals surface area contributed by atoms with Gasteiger partial charge in [-0.2, -0.15) is 0 Å². The lowest BCUT2D eigenvalue weighted by atomic mass is 10.0. The van der Waals surface area contributed by atoms with E-state index in [9.17, 15) is 5.11 Å². The second-order valence-electron chi connectivity index (χ2n) is 5.70. The maximum Gasteiger partial charge on any atom is 0.136 e. The third-order valence-corrected chi connectivity index (χ3v) is 4.87. The van der Waals surface area contributed by atoms with Gasteiger partial charge < -0.3 is 14.9 Å². The van der Waals surface area contributed by atoms with Crippen LogP contribution in [0.4, 0.5) is 0 Å². The van der Waals surface area contributed by atoms with Gasteiger partial charge in [-0.3, -0.25) is 0 Å². The molecule has 0 amide bonds. The van der Waals surface area contributed by atoms with Gasteiger partial charge in [0.25, 0.3) is 0 Å². The van der Waals surface area contributed by atoms with Crippen LogP contribution in [-0.2, 0) is 18.7 Å². The predicted molar refractivity (Wildman–Crippen MR) is 104 cm³/mol. The van der Waals surface area contributed by atoms with Crippen LogP contribution in [0, 0.1) is 0 Å². The van der Waals surface area contributed by atoms with E-state index < -0.39 is 0 Å². The number of thiocarbonyl (C=S) groups is 1. The molecule has 0 saturated carbocycles. The average Bonchev–Trinajstić information content (AvgIpc) is 2.40. The third kappa shape index (κ3) is 6.73. The second kappa shape index (κ2) is 10.3. The molecule has 1 aromatic carbocycles. The minimum atomic E-state index is 0. The summed E-state index contributed by atoms with van der Waals surface area (Å²) in [5, 5.41) is 10.4. The van der Waals surface area contributed by atoms with Crippen LogP contribution in [0.1, 0.15) is 30.0 Å². The molecule has 0 aliphatic heterocycles. The van der Waals surface area contributed by atoms with Gasteiger partial charge in [-0.25, -0.2) is 0 Å². The maximum atomic E-state index is 10.4. The zero-order valence-electron chi connectivity index (χ0n) is 14.0. The summed E-state index contributed by atoms with van der Waals surface area (Å²) in [6, 6.07) is 4.21. The molecular formula is C16H27ClN2OS2. The molecule has 0 bridgehead atoms. The van der Waals surface area contributed by atoms with Gasteiger partial charge in [0.05, 0.1) is 0 Å². The van der Waals surface area contributed by atoms with Gasteiger partial charge in [0.2, 0.25) is 0 Å². The van der Waals surface area contributed by atoms with Crippen molar-refractivity contribution >= 4 is 40.7 Å². The Balaban J connectivity index is 0.00000441. The van der Waals surface area contributed by atoms with Crippen LogP contribution >= 0.6 is 36.4 Å². The minimum absolute atomic E-state index is 0. The van der Waals surface area contributed by atoms with Crippen LogP contribution in [0.25, 0.3) is 0 Å². The van der Waals surface area contributed by atoms with Crippen molar-refractivity contribution in [1.29, 1.82) is 0 Å². The molecule has 3 nitrogen and oxygen atoms in total. The zero-order valence-corrected chi connectivity index (χ0v) is 16.5. The smallest absolute Gasteiger partial charge is 0.136 e. The summed E-state index contributed by atoms with van der Waals surface area (Å²) >= 11 is 6.98. The molecule has 0 aliphatic carbocycles. The Kier molecular flexibility index (Phi) is 10.1. The quantitative estimate of drug-likeness (QED) is 0.774. The standard InChI is InChI=1S/C16H26N2OS2.ClH/c1-6-7-13-8-12(11-21-16(20)18(4)5)9-14(15(13)19)10-17(2)3;/h8-9,19H,6-7,10-11H2,1-5H3;1H. The number of thioether (sulfide) groups is 1. The van der Waals surface area contributed by atoms with E-state index in [-0.39, 0.29) is 12.4 Å². The fourth-order valence-corrected chi connectivity index (χ4v) is 3.00. The predicted octanol–water partition coefficient (Wildman–Crippen LogP) is 3.91. The summed E-state index contributed by atoms with van der Waals surface area (Å²) in [4.78, 5) is 4.03. The largest absolute Gasteiger partial charge is 0.507 e. The molecule has 0 unspecified atom stereocenters. The number of phenols is 1. The van der Waals surface area contributed by atoms with Crippen molar-refractivity contribution in [1.82, 2.24) is 9.80 Å². The Morgan fingerprint density at radius 1 is 1.18 bits per heavy atom. The highest BCUT2D eigenvalue weighted by atomic mass is 35.5. The molecule has 0 atom stereocenters. The SMILES string of the molecule is CCCc1cc(CSC(=S)N(C)C)cc(CN(C)C)c1O.Cl. The Morgan fingerprint density at radius 2 is 1.77 bits per heavy atom. The molecule has 126 valence electrons. The first kappa shape index (κ1) is 21.5. The highest BCUT2D eigenvalue weighted by Gasteiger charge is 2.11. The number of benzene rings is 1. The number of aryl methyl sites for hydroxylation is 1. The van der Waals surface area contributed by atoms with E-state index in [0.29, 0.717) is 5.75 Å². The van der Waals surface area contributed by atoms with Crippen LogP contribution in [0.15, 0.2) is 12.1 Å². The van der Waals surface area contributed by atoms with Crippen molar-refractivity contribution in [3.05, 3.63) is 28.8 Å². The fourth-order valence-electron chi connectivity index (χ4n) is 2.11. The molecule has 0 fully saturated rings. The third-order valence-electron chi connectivity index (χ3n) is 3.06. The number of hydrogen-bond donors (Lipinski definition) is 1. The summed E-state index contributed by atoms with van der Waals surface area (Å²) < 4.78 is 0.884. The Labute approximate surface area is 150 Å². The lowest BCUT2D eigenvalue weighted by molar-refractivity contribution is 0.384.